The molecule has 0 radical (unpaired) electrons. The number of nitrogens with zero attached hydrogens (tertiary/aromatic N) is 2. The van der Waals surface area contributed by atoms with Crippen LogP contribution in [0.2, 0.25) is 0 Å². The lowest BCUT2D eigenvalue weighted by Crippen LogP contribution is -2.33. The highest BCUT2D eigenvalue weighted by Gasteiger charge is 2.05. The number of carboxylic acid groups (broad SMARTS) is 1. The van der Waals surface area contributed by atoms with E-state index in [4.69, 9.17) is 9.94 Å². The largest absolute Gasteiger partial charge is 0.479 e. The van der Waals surface area contributed by atoms with Gasteiger partial charge in [-0.1, -0.05) is 0 Å². The normalized spacial score (nSPS) is 9.86. The van der Waals surface area contributed by atoms with Crippen molar-refractivity contribution in [1.82, 2.24) is 9.71 Å². The summed E-state index contributed by atoms with van der Waals surface area (Å²) in [5.74, 6) is -1.14. The van der Waals surface area contributed by atoms with Gasteiger partial charge in [0.25, 0.3) is 0 Å². The van der Waals surface area contributed by atoms with Gasteiger partial charge in [0.05, 0.1) is 5.69 Å². The Labute approximate surface area is 79.7 Å². The first kappa shape index (κ1) is 10.2. The van der Waals surface area contributed by atoms with Crippen molar-refractivity contribution >= 4 is 5.97 Å². The molecule has 0 aliphatic carbocycles. The second kappa shape index (κ2) is 3.91. The summed E-state index contributed by atoms with van der Waals surface area (Å²) < 4.78 is 0.862. The molecule has 0 spiro atoms. The first-order valence-electron chi connectivity index (χ1n) is 3.93. The predicted octanol–water partition coefficient (Wildman–Crippen LogP) is -0.627. The van der Waals surface area contributed by atoms with Gasteiger partial charge in [-0.25, -0.2) is 9.59 Å². The summed E-state index contributed by atoms with van der Waals surface area (Å²) >= 11 is 0. The summed E-state index contributed by atoms with van der Waals surface area (Å²) in [6.07, 6.45) is 0. The van der Waals surface area contributed by atoms with Gasteiger partial charge < -0.3 is 9.94 Å². The van der Waals surface area contributed by atoms with Crippen molar-refractivity contribution in [3.63, 3.8) is 0 Å². The Morgan fingerprint density at radius 3 is 2.79 bits per heavy atom. The third-order valence-electron chi connectivity index (χ3n) is 1.50. The van der Waals surface area contributed by atoms with Crippen molar-refractivity contribution < 1.29 is 14.7 Å². The van der Waals surface area contributed by atoms with Crippen LogP contribution < -0.4 is 10.5 Å². The zero-order valence-electron chi connectivity index (χ0n) is 7.85. The zero-order chi connectivity index (χ0) is 10.7. The molecule has 0 amide bonds. The molecule has 0 saturated heterocycles. The van der Waals surface area contributed by atoms with Crippen LogP contribution in [0.1, 0.15) is 11.4 Å². The van der Waals surface area contributed by atoms with Crippen molar-refractivity contribution in [1.29, 1.82) is 0 Å². The summed E-state index contributed by atoms with van der Waals surface area (Å²) in [6.45, 7) is 2.75. The molecule has 0 bridgehead atoms. The van der Waals surface area contributed by atoms with Crippen LogP contribution in [0.25, 0.3) is 0 Å². The second-order valence-corrected chi connectivity index (χ2v) is 2.78. The topological polar surface area (TPSA) is 81.4 Å². The van der Waals surface area contributed by atoms with Crippen LogP contribution in [0.5, 0.6) is 0 Å². The standard InChI is InChI=1S/C8H10N2O4/c1-5-3-6(2)10(8(13)9-5)14-4-7(11)12/h3H,4H2,1-2H3,(H,11,12). The molecule has 1 heterocycles. The van der Waals surface area contributed by atoms with E-state index < -0.39 is 18.3 Å². The van der Waals surface area contributed by atoms with Gasteiger partial charge in [-0.3, -0.25) is 0 Å². The molecule has 1 rings (SSSR count). The molecule has 1 N–H and O–H groups in total. The molecule has 14 heavy (non-hydrogen) atoms. The zero-order valence-corrected chi connectivity index (χ0v) is 7.85. The molecule has 0 unspecified atom stereocenters. The maximum atomic E-state index is 11.2. The lowest BCUT2D eigenvalue weighted by atomic mass is 10.4. The minimum Gasteiger partial charge on any atom is -0.479 e. The Morgan fingerprint density at radius 2 is 2.29 bits per heavy atom. The van der Waals surface area contributed by atoms with Crippen molar-refractivity contribution in [2.24, 2.45) is 0 Å². The molecule has 1 aromatic heterocycles. The summed E-state index contributed by atoms with van der Waals surface area (Å²) in [6, 6.07) is 1.63. The van der Waals surface area contributed by atoms with Crippen LogP contribution in [0.3, 0.4) is 0 Å². The molecular formula is C8H10N2O4. The fraction of sp³-hybridized carbons (Fsp3) is 0.375. The third-order valence-corrected chi connectivity index (χ3v) is 1.50. The number of carbonyl (C=O) groups is 1. The van der Waals surface area contributed by atoms with Crippen LogP contribution in [-0.2, 0) is 4.79 Å². The van der Waals surface area contributed by atoms with E-state index in [9.17, 15) is 9.59 Å². The van der Waals surface area contributed by atoms with Crippen molar-refractivity contribution in [2.75, 3.05) is 6.61 Å². The number of aryl methyl sites for hydroxylation is 2. The van der Waals surface area contributed by atoms with Gasteiger partial charge in [-0.15, -0.1) is 4.73 Å². The monoisotopic (exact) mass is 198 g/mol. The van der Waals surface area contributed by atoms with E-state index in [1.165, 1.54) is 0 Å². The molecule has 0 atom stereocenters. The van der Waals surface area contributed by atoms with Gasteiger partial charge >= 0.3 is 11.7 Å². The lowest BCUT2D eigenvalue weighted by Gasteiger charge is -2.08. The van der Waals surface area contributed by atoms with Gasteiger partial charge in [-0.05, 0) is 19.9 Å². The molecule has 0 fully saturated rings. The molecule has 0 aromatic carbocycles. The second-order valence-electron chi connectivity index (χ2n) is 2.78. The van der Waals surface area contributed by atoms with E-state index in [-0.39, 0.29) is 0 Å². The molecule has 0 aliphatic heterocycles. The molecule has 6 nitrogen and oxygen atoms in total. The van der Waals surface area contributed by atoms with E-state index in [0.717, 1.165) is 4.73 Å². The van der Waals surface area contributed by atoms with Gasteiger partial charge in [0.1, 0.15) is 0 Å². The van der Waals surface area contributed by atoms with Crippen molar-refractivity contribution in [3.8, 4) is 0 Å². The predicted molar refractivity (Wildman–Crippen MR) is 47.1 cm³/mol. The van der Waals surface area contributed by atoms with Crippen molar-refractivity contribution in [2.45, 2.75) is 13.8 Å². The SMILES string of the molecule is Cc1cc(C)n(OCC(=O)O)c(=O)n1. The Balaban J connectivity index is 2.97. The number of rotatable bonds is 3. The Morgan fingerprint density at radius 1 is 1.64 bits per heavy atom. The van der Waals surface area contributed by atoms with Gasteiger partial charge in [0.2, 0.25) is 6.61 Å². The van der Waals surface area contributed by atoms with E-state index in [2.05, 4.69) is 4.98 Å². The van der Waals surface area contributed by atoms with Crippen LogP contribution in [0, 0.1) is 13.8 Å². The fourth-order valence-corrected chi connectivity index (χ4v) is 1.02. The minimum absolute atomic E-state index is 0.517. The fourth-order valence-electron chi connectivity index (χ4n) is 1.02. The Kier molecular flexibility index (Phi) is 2.85. The summed E-state index contributed by atoms with van der Waals surface area (Å²) in [7, 11) is 0. The lowest BCUT2D eigenvalue weighted by molar-refractivity contribution is -0.142. The van der Waals surface area contributed by atoms with E-state index in [0.29, 0.717) is 11.4 Å². The quantitative estimate of drug-likeness (QED) is 0.699. The summed E-state index contributed by atoms with van der Waals surface area (Å²) in [5.41, 5.74) is 0.482. The summed E-state index contributed by atoms with van der Waals surface area (Å²) in [4.78, 5) is 29.7. The number of carboxylic acids is 1. The maximum Gasteiger partial charge on any atom is 0.380 e. The number of aromatic nitrogens is 2. The smallest absolute Gasteiger partial charge is 0.380 e. The number of hydrogen-bond acceptors (Lipinski definition) is 4. The average molecular weight is 198 g/mol. The van der Waals surface area contributed by atoms with E-state index >= 15 is 0 Å². The summed E-state index contributed by atoms with van der Waals surface area (Å²) in [5, 5.41) is 8.35. The molecule has 0 saturated carbocycles. The van der Waals surface area contributed by atoms with Crippen LogP contribution in [0.4, 0.5) is 0 Å². The Bertz CT molecular complexity index is 410. The maximum absolute atomic E-state index is 11.2. The van der Waals surface area contributed by atoms with Crippen molar-refractivity contribution in [3.05, 3.63) is 27.9 Å². The first-order valence-corrected chi connectivity index (χ1v) is 3.93. The van der Waals surface area contributed by atoms with Gasteiger partial charge in [0, 0.05) is 5.69 Å². The van der Waals surface area contributed by atoms with Crippen LogP contribution in [0.15, 0.2) is 10.9 Å². The van der Waals surface area contributed by atoms with Crippen LogP contribution >= 0.6 is 0 Å². The van der Waals surface area contributed by atoms with Gasteiger partial charge in [0.15, 0.2) is 0 Å². The highest BCUT2D eigenvalue weighted by atomic mass is 16.7. The number of aliphatic carboxylic acids is 1. The highest BCUT2D eigenvalue weighted by Crippen LogP contribution is 1.93. The van der Waals surface area contributed by atoms with E-state index in [1.54, 1.807) is 19.9 Å². The third kappa shape index (κ3) is 2.32. The molecule has 0 aliphatic rings. The highest BCUT2D eigenvalue weighted by molar-refractivity contribution is 5.68. The van der Waals surface area contributed by atoms with E-state index in [1.807, 2.05) is 0 Å². The molecule has 1 aromatic rings. The Hall–Kier alpha value is -1.85. The minimum atomic E-state index is -1.14. The number of hydrogen-bond donors (Lipinski definition) is 1. The van der Waals surface area contributed by atoms with Gasteiger partial charge in [-0.2, -0.15) is 4.98 Å². The molecular weight excluding hydrogens is 188 g/mol. The van der Waals surface area contributed by atoms with Crippen LogP contribution in [-0.4, -0.2) is 27.4 Å². The molecule has 76 valence electrons. The average Bonchev–Trinajstić information content (AvgIpc) is 2.01. The molecule has 6 heteroatoms. The first-order chi connectivity index (χ1) is 6.50.